The third-order valence-corrected chi connectivity index (χ3v) is 5.20. The Balaban J connectivity index is 2.17. The lowest BCUT2D eigenvalue weighted by atomic mass is 9.86. The fourth-order valence-electron chi connectivity index (χ4n) is 3.48. The highest BCUT2D eigenvalue weighted by Gasteiger charge is 2.28. The SMILES string of the molecule is CC(C(=O)NC(C)(C)C)N(CCc1ccccc1)C(=O)COc1ccccc1C(C)(C)C. The molecule has 0 radical (unpaired) electrons. The molecule has 0 saturated carbocycles. The summed E-state index contributed by atoms with van der Waals surface area (Å²) in [7, 11) is 0. The average Bonchev–Trinajstić information content (AvgIpc) is 2.71. The van der Waals surface area contributed by atoms with Gasteiger partial charge in [-0.3, -0.25) is 9.59 Å². The first-order valence-electron chi connectivity index (χ1n) is 11.3. The van der Waals surface area contributed by atoms with Crippen molar-refractivity contribution >= 4 is 11.8 Å². The predicted molar refractivity (Wildman–Crippen MR) is 130 cm³/mol. The normalized spacial score (nSPS) is 12.7. The van der Waals surface area contributed by atoms with Gasteiger partial charge < -0.3 is 15.0 Å². The summed E-state index contributed by atoms with van der Waals surface area (Å²) in [5, 5.41) is 2.98. The van der Waals surface area contributed by atoms with Crippen molar-refractivity contribution in [2.45, 2.75) is 71.9 Å². The molecule has 5 heteroatoms. The maximum Gasteiger partial charge on any atom is 0.261 e. The Morgan fingerprint density at radius 2 is 1.53 bits per heavy atom. The molecule has 0 aliphatic heterocycles. The molecule has 0 aliphatic carbocycles. The first-order chi connectivity index (χ1) is 14.9. The van der Waals surface area contributed by atoms with Gasteiger partial charge in [-0.1, -0.05) is 69.3 Å². The van der Waals surface area contributed by atoms with Crippen molar-refractivity contribution in [3.8, 4) is 5.75 Å². The molecule has 0 heterocycles. The lowest BCUT2D eigenvalue weighted by Crippen LogP contribution is -2.53. The summed E-state index contributed by atoms with van der Waals surface area (Å²) < 4.78 is 5.97. The van der Waals surface area contributed by atoms with Crippen LogP contribution in [0.15, 0.2) is 54.6 Å². The van der Waals surface area contributed by atoms with Gasteiger partial charge in [0.25, 0.3) is 5.91 Å². The molecule has 0 bridgehead atoms. The Morgan fingerprint density at radius 3 is 2.12 bits per heavy atom. The van der Waals surface area contributed by atoms with Crippen molar-refractivity contribution in [3.05, 3.63) is 65.7 Å². The number of nitrogens with one attached hydrogen (secondary N) is 1. The summed E-state index contributed by atoms with van der Waals surface area (Å²) in [6.07, 6.45) is 0.665. The van der Waals surface area contributed by atoms with E-state index < -0.39 is 6.04 Å². The Kier molecular flexibility index (Phi) is 8.48. The molecule has 2 aromatic carbocycles. The summed E-state index contributed by atoms with van der Waals surface area (Å²) in [5.41, 5.74) is 1.68. The molecule has 0 aliphatic rings. The van der Waals surface area contributed by atoms with Gasteiger partial charge in [-0.25, -0.2) is 0 Å². The zero-order chi connectivity index (χ0) is 23.9. The monoisotopic (exact) mass is 438 g/mol. The van der Waals surface area contributed by atoms with Crippen LogP contribution in [0, 0.1) is 0 Å². The molecule has 0 saturated heterocycles. The molecule has 1 unspecified atom stereocenters. The van der Waals surface area contributed by atoms with Gasteiger partial charge in [-0.2, -0.15) is 0 Å². The van der Waals surface area contributed by atoms with Crippen molar-refractivity contribution in [1.29, 1.82) is 0 Å². The lowest BCUT2D eigenvalue weighted by molar-refractivity contribution is -0.142. The van der Waals surface area contributed by atoms with Crippen LogP contribution in [0.2, 0.25) is 0 Å². The van der Waals surface area contributed by atoms with Gasteiger partial charge in [-0.15, -0.1) is 0 Å². The Labute approximate surface area is 193 Å². The quantitative estimate of drug-likeness (QED) is 0.648. The van der Waals surface area contributed by atoms with Crippen LogP contribution >= 0.6 is 0 Å². The molecule has 2 aromatic rings. The number of carbonyl (C=O) groups is 2. The van der Waals surface area contributed by atoms with E-state index in [2.05, 4.69) is 26.1 Å². The van der Waals surface area contributed by atoms with Crippen LogP contribution in [0.1, 0.15) is 59.6 Å². The predicted octanol–water partition coefficient (Wildman–Crippen LogP) is 4.74. The van der Waals surface area contributed by atoms with E-state index in [-0.39, 0.29) is 29.4 Å². The molecule has 1 N–H and O–H groups in total. The largest absolute Gasteiger partial charge is 0.483 e. The molecule has 5 nitrogen and oxygen atoms in total. The Bertz CT molecular complexity index is 895. The molecule has 2 rings (SSSR count). The molecule has 174 valence electrons. The van der Waals surface area contributed by atoms with E-state index in [0.29, 0.717) is 18.7 Å². The standard InChI is InChI=1S/C27H38N2O3/c1-20(25(31)28-27(5,6)7)29(18-17-21-13-9-8-10-14-21)24(30)19-32-23-16-12-11-15-22(23)26(2,3)4/h8-16,20H,17-19H2,1-7H3,(H,28,31). The average molecular weight is 439 g/mol. The van der Waals surface area contributed by atoms with Crippen LogP contribution in [0.3, 0.4) is 0 Å². The minimum Gasteiger partial charge on any atom is -0.483 e. The Morgan fingerprint density at radius 1 is 0.938 bits per heavy atom. The van der Waals surface area contributed by atoms with E-state index in [1.807, 2.05) is 75.4 Å². The zero-order valence-corrected chi connectivity index (χ0v) is 20.6. The number of amides is 2. The first kappa shape index (κ1) is 25.4. The number of para-hydroxylation sites is 1. The smallest absolute Gasteiger partial charge is 0.261 e. The van der Waals surface area contributed by atoms with E-state index in [9.17, 15) is 9.59 Å². The van der Waals surface area contributed by atoms with Gasteiger partial charge >= 0.3 is 0 Å². The summed E-state index contributed by atoms with van der Waals surface area (Å²) in [6.45, 7) is 14.2. The molecular formula is C27H38N2O3. The molecule has 0 aromatic heterocycles. The van der Waals surface area contributed by atoms with Crippen LogP contribution < -0.4 is 10.1 Å². The van der Waals surface area contributed by atoms with E-state index in [0.717, 1.165) is 11.1 Å². The highest BCUT2D eigenvalue weighted by molar-refractivity contribution is 5.88. The minimum atomic E-state index is -0.605. The molecule has 32 heavy (non-hydrogen) atoms. The number of nitrogens with zero attached hydrogens (tertiary/aromatic N) is 1. The third-order valence-electron chi connectivity index (χ3n) is 5.20. The van der Waals surface area contributed by atoms with Crippen molar-refractivity contribution in [1.82, 2.24) is 10.2 Å². The maximum atomic E-state index is 13.2. The Hall–Kier alpha value is -2.82. The van der Waals surface area contributed by atoms with Crippen molar-refractivity contribution < 1.29 is 14.3 Å². The van der Waals surface area contributed by atoms with Gasteiger partial charge in [0, 0.05) is 12.1 Å². The molecule has 0 fully saturated rings. The zero-order valence-electron chi connectivity index (χ0n) is 20.6. The summed E-state index contributed by atoms with van der Waals surface area (Å²) in [4.78, 5) is 27.7. The summed E-state index contributed by atoms with van der Waals surface area (Å²) in [6, 6.07) is 17.1. The lowest BCUT2D eigenvalue weighted by Gasteiger charge is -2.31. The highest BCUT2D eigenvalue weighted by Crippen LogP contribution is 2.31. The topological polar surface area (TPSA) is 58.6 Å². The van der Waals surface area contributed by atoms with Crippen LogP contribution in [-0.4, -0.2) is 41.4 Å². The van der Waals surface area contributed by atoms with Gasteiger partial charge in [-0.05, 0) is 56.7 Å². The van der Waals surface area contributed by atoms with E-state index in [4.69, 9.17) is 4.74 Å². The summed E-state index contributed by atoms with van der Waals surface area (Å²) in [5.74, 6) is 0.318. The number of hydrogen-bond acceptors (Lipinski definition) is 3. The van der Waals surface area contributed by atoms with Gasteiger partial charge in [0.2, 0.25) is 5.91 Å². The van der Waals surface area contributed by atoms with Gasteiger partial charge in [0.1, 0.15) is 11.8 Å². The fourth-order valence-corrected chi connectivity index (χ4v) is 3.48. The molecular weight excluding hydrogens is 400 g/mol. The number of rotatable bonds is 8. The number of benzene rings is 2. The highest BCUT2D eigenvalue weighted by atomic mass is 16.5. The van der Waals surface area contributed by atoms with E-state index in [1.54, 1.807) is 11.8 Å². The van der Waals surface area contributed by atoms with Crippen LogP contribution in [0.25, 0.3) is 0 Å². The van der Waals surface area contributed by atoms with E-state index >= 15 is 0 Å². The van der Waals surface area contributed by atoms with E-state index in [1.165, 1.54) is 0 Å². The fraction of sp³-hybridized carbons (Fsp3) is 0.481. The molecule has 0 spiro atoms. The number of ether oxygens (including phenoxy) is 1. The van der Waals surface area contributed by atoms with Crippen LogP contribution in [-0.2, 0) is 21.4 Å². The first-order valence-corrected chi connectivity index (χ1v) is 11.3. The number of hydrogen-bond donors (Lipinski definition) is 1. The number of carbonyl (C=O) groups excluding carboxylic acids is 2. The third kappa shape index (κ3) is 7.70. The van der Waals surface area contributed by atoms with Crippen molar-refractivity contribution in [2.75, 3.05) is 13.2 Å². The second kappa shape index (κ2) is 10.7. The summed E-state index contributed by atoms with van der Waals surface area (Å²) >= 11 is 0. The second-order valence-electron chi connectivity index (χ2n) is 10.3. The second-order valence-corrected chi connectivity index (χ2v) is 10.3. The molecule has 2 amide bonds. The maximum absolute atomic E-state index is 13.2. The van der Waals surface area contributed by atoms with Crippen LogP contribution in [0.4, 0.5) is 0 Å². The van der Waals surface area contributed by atoms with Gasteiger partial charge in [0.15, 0.2) is 6.61 Å². The van der Waals surface area contributed by atoms with Gasteiger partial charge in [0.05, 0.1) is 0 Å². The van der Waals surface area contributed by atoms with Crippen molar-refractivity contribution in [2.24, 2.45) is 0 Å². The van der Waals surface area contributed by atoms with Crippen LogP contribution in [0.5, 0.6) is 5.75 Å². The van der Waals surface area contributed by atoms with Crippen molar-refractivity contribution in [3.63, 3.8) is 0 Å². The molecule has 1 atom stereocenters. The minimum absolute atomic E-state index is 0.105.